The van der Waals surface area contributed by atoms with E-state index in [9.17, 15) is 9.59 Å². The smallest absolute Gasteiger partial charge is 0.410 e. The molecule has 0 bridgehead atoms. The molecule has 0 N–H and O–H groups in total. The predicted molar refractivity (Wildman–Crippen MR) is 78.9 cm³/mol. The Morgan fingerprint density at radius 3 is 2.67 bits per heavy atom. The van der Waals surface area contributed by atoms with Gasteiger partial charge in [-0.25, -0.2) is 4.79 Å². The summed E-state index contributed by atoms with van der Waals surface area (Å²) in [6.45, 7) is 6.40. The topological polar surface area (TPSA) is 59.5 Å². The van der Waals surface area contributed by atoms with Crippen LogP contribution in [0.5, 0.6) is 0 Å². The minimum absolute atomic E-state index is 0.159. The number of pyridine rings is 1. The molecule has 2 rings (SSSR count). The van der Waals surface area contributed by atoms with Crippen molar-refractivity contribution in [2.24, 2.45) is 5.92 Å². The van der Waals surface area contributed by atoms with E-state index in [1.807, 2.05) is 32.9 Å². The van der Waals surface area contributed by atoms with Gasteiger partial charge in [0, 0.05) is 37.8 Å². The van der Waals surface area contributed by atoms with E-state index in [1.165, 1.54) is 0 Å². The second kappa shape index (κ2) is 6.24. The summed E-state index contributed by atoms with van der Waals surface area (Å²) in [7, 11) is 0. The summed E-state index contributed by atoms with van der Waals surface area (Å²) < 4.78 is 5.38. The molecule has 0 spiro atoms. The fourth-order valence-corrected chi connectivity index (χ4v) is 2.38. The van der Waals surface area contributed by atoms with Crippen LogP contribution in [0.2, 0.25) is 0 Å². The number of amides is 1. The largest absolute Gasteiger partial charge is 0.444 e. The van der Waals surface area contributed by atoms with Gasteiger partial charge in [0.15, 0.2) is 0 Å². The molecule has 1 atom stereocenters. The van der Waals surface area contributed by atoms with Gasteiger partial charge >= 0.3 is 6.09 Å². The van der Waals surface area contributed by atoms with Crippen molar-refractivity contribution in [3.8, 4) is 0 Å². The maximum absolute atomic E-state index is 12.1. The third kappa shape index (κ3) is 4.55. The molecule has 21 heavy (non-hydrogen) atoms. The van der Waals surface area contributed by atoms with Crippen molar-refractivity contribution in [3.05, 3.63) is 30.1 Å². The molecule has 2 heterocycles. The molecule has 1 fully saturated rings. The van der Waals surface area contributed by atoms with Crippen molar-refractivity contribution < 1.29 is 14.3 Å². The number of carbonyl (C=O) groups is 2. The molecule has 5 nitrogen and oxygen atoms in total. The molecule has 1 unspecified atom stereocenters. The second-order valence-corrected chi connectivity index (χ2v) is 6.40. The van der Waals surface area contributed by atoms with E-state index in [2.05, 4.69) is 4.98 Å². The van der Waals surface area contributed by atoms with Crippen molar-refractivity contribution in [3.63, 3.8) is 0 Å². The minimum Gasteiger partial charge on any atom is -0.444 e. The maximum atomic E-state index is 12.1. The third-order valence-electron chi connectivity index (χ3n) is 3.41. The van der Waals surface area contributed by atoms with Crippen molar-refractivity contribution >= 4 is 11.9 Å². The monoisotopic (exact) mass is 290 g/mol. The van der Waals surface area contributed by atoms with E-state index >= 15 is 0 Å². The Balaban J connectivity index is 1.99. The molecule has 1 amide bonds. The maximum Gasteiger partial charge on any atom is 0.410 e. The molecule has 1 aliphatic heterocycles. The molecule has 1 aliphatic rings. The Labute approximate surface area is 125 Å². The van der Waals surface area contributed by atoms with E-state index in [4.69, 9.17) is 4.74 Å². The SMILES string of the molecule is CC(C)(C)OC(=O)N1CCC(=O)C(Cc2ccncc2)C1. The zero-order chi connectivity index (χ0) is 15.5. The van der Waals surface area contributed by atoms with Crippen LogP contribution < -0.4 is 0 Å². The number of nitrogens with zero attached hydrogens (tertiary/aromatic N) is 2. The Morgan fingerprint density at radius 1 is 1.38 bits per heavy atom. The van der Waals surface area contributed by atoms with Gasteiger partial charge in [0.05, 0.1) is 0 Å². The Bertz CT molecular complexity index is 508. The number of carbonyl (C=O) groups excluding carboxylic acids is 2. The standard InChI is InChI=1S/C16H22N2O3/c1-16(2,3)21-15(20)18-9-6-14(19)13(11-18)10-12-4-7-17-8-5-12/h4-5,7-8,13H,6,9-11H2,1-3H3. The molecule has 0 saturated carbocycles. The highest BCUT2D eigenvalue weighted by Crippen LogP contribution is 2.20. The van der Waals surface area contributed by atoms with Crippen molar-refractivity contribution in [1.82, 2.24) is 9.88 Å². The number of aromatic nitrogens is 1. The summed E-state index contributed by atoms with van der Waals surface area (Å²) in [6.07, 6.45) is 4.13. The third-order valence-corrected chi connectivity index (χ3v) is 3.41. The van der Waals surface area contributed by atoms with E-state index in [-0.39, 0.29) is 17.8 Å². The highest BCUT2D eigenvalue weighted by atomic mass is 16.6. The average Bonchev–Trinajstić information content (AvgIpc) is 2.40. The number of ether oxygens (including phenoxy) is 1. The normalized spacial score (nSPS) is 19.5. The van der Waals surface area contributed by atoms with Crippen molar-refractivity contribution in [2.75, 3.05) is 13.1 Å². The average molecular weight is 290 g/mol. The molecule has 1 saturated heterocycles. The number of piperidine rings is 1. The lowest BCUT2D eigenvalue weighted by molar-refractivity contribution is -0.125. The predicted octanol–water partition coefficient (Wildman–Crippen LogP) is 2.45. The Hall–Kier alpha value is -1.91. The fourth-order valence-electron chi connectivity index (χ4n) is 2.38. The molecular weight excluding hydrogens is 268 g/mol. The fraction of sp³-hybridized carbons (Fsp3) is 0.562. The summed E-state index contributed by atoms with van der Waals surface area (Å²) in [5.41, 5.74) is 0.550. The van der Waals surface area contributed by atoms with Gasteiger partial charge in [-0.2, -0.15) is 0 Å². The van der Waals surface area contributed by atoms with E-state index < -0.39 is 5.60 Å². The lowest BCUT2D eigenvalue weighted by Gasteiger charge is -2.33. The Morgan fingerprint density at radius 2 is 2.05 bits per heavy atom. The second-order valence-electron chi connectivity index (χ2n) is 6.40. The van der Waals surface area contributed by atoms with Gasteiger partial charge in [-0.05, 0) is 44.9 Å². The van der Waals surface area contributed by atoms with E-state index in [0.717, 1.165) is 5.56 Å². The summed E-state index contributed by atoms with van der Waals surface area (Å²) in [4.78, 5) is 29.8. The zero-order valence-corrected chi connectivity index (χ0v) is 12.8. The number of rotatable bonds is 2. The highest BCUT2D eigenvalue weighted by molar-refractivity contribution is 5.84. The van der Waals surface area contributed by atoms with Gasteiger partial charge in [-0.15, -0.1) is 0 Å². The van der Waals surface area contributed by atoms with Gasteiger partial charge in [0.25, 0.3) is 0 Å². The lowest BCUT2D eigenvalue weighted by atomic mass is 9.90. The quantitative estimate of drug-likeness (QED) is 0.839. The summed E-state index contributed by atoms with van der Waals surface area (Å²) in [5, 5.41) is 0. The molecule has 0 aromatic carbocycles. The van der Waals surface area contributed by atoms with Gasteiger partial charge < -0.3 is 9.64 Å². The molecule has 1 aromatic rings. The highest BCUT2D eigenvalue weighted by Gasteiger charge is 2.32. The van der Waals surface area contributed by atoms with Crippen LogP contribution in [-0.4, -0.2) is 40.5 Å². The van der Waals surface area contributed by atoms with E-state index in [1.54, 1.807) is 17.3 Å². The lowest BCUT2D eigenvalue weighted by Crippen LogP contribution is -2.46. The van der Waals surface area contributed by atoms with Gasteiger partial charge in [-0.3, -0.25) is 9.78 Å². The summed E-state index contributed by atoms with van der Waals surface area (Å²) >= 11 is 0. The van der Waals surface area contributed by atoms with Crippen molar-refractivity contribution in [2.45, 2.75) is 39.2 Å². The summed E-state index contributed by atoms with van der Waals surface area (Å²) in [5.74, 6) is 0.0558. The van der Waals surface area contributed by atoms with E-state index in [0.29, 0.717) is 25.9 Å². The van der Waals surface area contributed by atoms with Gasteiger partial charge in [-0.1, -0.05) is 0 Å². The number of likely N-dealkylation sites (tertiary alicyclic amines) is 1. The molecule has 5 heteroatoms. The van der Waals surface area contributed by atoms with Crippen LogP contribution >= 0.6 is 0 Å². The van der Waals surface area contributed by atoms with Crippen LogP contribution in [0.1, 0.15) is 32.8 Å². The number of hydrogen-bond donors (Lipinski definition) is 0. The van der Waals surface area contributed by atoms with Crippen LogP contribution in [0, 0.1) is 5.92 Å². The minimum atomic E-state index is -0.515. The zero-order valence-electron chi connectivity index (χ0n) is 12.8. The summed E-state index contributed by atoms with van der Waals surface area (Å²) in [6, 6.07) is 3.80. The number of ketones is 1. The van der Waals surface area contributed by atoms with Gasteiger partial charge in [0.1, 0.15) is 11.4 Å². The molecule has 0 radical (unpaired) electrons. The van der Waals surface area contributed by atoms with Crippen LogP contribution in [0.4, 0.5) is 4.79 Å². The van der Waals surface area contributed by atoms with Crippen LogP contribution in [-0.2, 0) is 16.0 Å². The first kappa shape index (κ1) is 15.5. The Kier molecular flexibility index (Phi) is 4.60. The molecular formula is C16H22N2O3. The molecule has 0 aliphatic carbocycles. The molecule has 1 aromatic heterocycles. The van der Waals surface area contributed by atoms with Crippen LogP contribution in [0.15, 0.2) is 24.5 Å². The van der Waals surface area contributed by atoms with Crippen LogP contribution in [0.3, 0.4) is 0 Å². The first-order valence-electron chi connectivity index (χ1n) is 7.25. The van der Waals surface area contributed by atoms with Crippen molar-refractivity contribution in [1.29, 1.82) is 0 Å². The first-order chi connectivity index (χ1) is 9.85. The number of Topliss-reactive ketones (excluding diaryl/α,β-unsaturated/α-hetero) is 1. The van der Waals surface area contributed by atoms with Gasteiger partial charge in [0.2, 0.25) is 0 Å². The molecule has 114 valence electrons. The first-order valence-corrected chi connectivity index (χ1v) is 7.25. The number of hydrogen-bond acceptors (Lipinski definition) is 4. The van der Waals surface area contributed by atoms with Crippen LogP contribution in [0.25, 0.3) is 0 Å².